The zero-order chi connectivity index (χ0) is 14.3. The highest BCUT2D eigenvalue weighted by Gasteiger charge is 2.19. The van der Waals surface area contributed by atoms with Crippen molar-refractivity contribution in [3.05, 3.63) is 40.5 Å². The standard InChI is InChI=1S/C15H15N3OS/c1-8-4-5-11(6-9(8)2)13-14(19-18-15(13)16)12-7-17-10(3)20-12/h4-7H,1-3H3,(H2,16,18). The van der Waals surface area contributed by atoms with Crippen LogP contribution in [0.4, 0.5) is 5.82 Å². The van der Waals surface area contributed by atoms with Gasteiger partial charge in [-0.15, -0.1) is 11.3 Å². The van der Waals surface area contributed by atoms with Gasteiger partial charge in [-0.3, -0.25) is 0 Å². The van der Waals surface area contributed by atoms with Crippen LogP contribution in [0.1, 0.15) is 16.1 Å². The molecule has 2 heterocycles. The number of aryl methyl sites for hydroxylation is 3. The van der Waals surface area contributed by atoms with Crippen molar-refractivity contribution in [1.29, 1.82) is 0 Å². The second-order valence-electron chi connectivity index (χ2n) is 4.81. The van der Waals surface area contributed by atoms with E-state index in [1.54, 1.807) is 17.5 Å². The van der Waals surface area contributed by atoms with Crippen molar-refractivity contribution in [3.8, 4) is 21.8 Å². The number of nitrogens with two attached hydrogens (primary N) is 1. The normalized spacial score (nSPS) is 10.9. The Morgan fingerprint density at radius 2 is 1.95 bits per heavy atom. The van der Waals surface area contributed by atoms with Crippen LogP contribution in [-0.4, -0.2) is 10.1 Å². The third kappa shape index (κ3) is 2.10. The lowest BCUT2D eigenvalue weighted by Crippen LogP contribution is -1.90. The molecule has 0 bridgehead atoms. The molecule has 0 spiro atoms. The fourth-order valence-corrected chi connectivity index (χ4v) is 2.87. The molecule has 0 saturated heterocycles. The van der Waals surface area contributed by atoms with Crippen LogP contribution in [0.15, 0.2) is 28.9 Å². The molecule has 2 N–H and O–H groups in total. The minimum atomic E-state index is 0.411. The molecule has 2 aromatic heterocycles. The molecule has 3 aromatic rings. The van der Waals surface area contributed by atoms with Crippen molar-refractivity contribution >= 4 is 17.2 Å². The molecule has 0 radical (unpaired) electrons. The van der Waals surface area contributed by atoms with E-state index in [1.165, 1.54) is 11.1 Å². The molecule has 0 atom stereocenters. The SMILES string of the molecule is Cc1ncc(-c2onc(N)c2-c2ccc(C)c(C)c2)s1. The first kappa shape index (κ1) is 12.9. The number of anilines is 1. The first-order valence-corrected chi connectivity index (χ1v) is 7.13. The predicted octanol–water partition coefficient (Wildman–Crippen LogP) is 3.97. The zero-order valence-electron chi connectivity index (χ0n) is 11.6. The lowest BCUT2D eigenvalue weighted by Gasteiger charge is -2.05. The highest BCUT2D eigenvalue weighted by atomic mass is 32.1. The van der Waals surface area contributed by atoms with Crippen LogP contribution >= 0.6 is 11.3 Å². The topological polar surface area (TPSA) is 64.9 Å². The molecular formula is C15H15N3OS. The Bertz CT molecular complexity index is 773. The number of benzene rings is 1. The van der Waals surface area contributed by atoms with Gasteiger partial charge in [0.05, 0.1) is 15.4 Å². The summed E-state index contributed by atoms with van der Waals surface area (Å²) in [6.07, 6.45) is 1.80. The third-order valence-corrected chi connectivity index (χ3v) is 4.27. The molecule has 0 amide bonds. The number of nitrogens with zero attached hydrogens (tertiary/aromatic N) is 2. The monoisotopic (exact) mass is 285 g/mol. The van der Waals surface area contributed by atoms with Crippen LogP contribution in [0.2, 0.25) is 0 Å². The Morgan fingerprint density at radius 1 is 1.15 bits per heavy atom. The molecular weight excluding hydrogens is 270 g/mol. The molecule has 1 aromatic carbocycles. The quantitative estimate of drug-likeness (QED) is 0.773. The average Bonchev–Trinajstić information content (AvgIpc) is 2.99. The second kappa shape index (κ2) is 4.76. The minimum Gasteiger partial charge on any atom is -0.380 e. The van der Waals surface area contributed by atoms with E-state index in [0.29, 0.717) is 11.6 Å². The summed E-state index contributed by atoms with van der Waals surface area (Å²) in [6.45, 7) is 6.13. The lowest BCUT2D eigenvalue weighted by atomic mass is 10.00. The molecule has 0 unspecified atom stereocenters. The van der Waals surface area contributed by atoms with Crippen molar-refractivity contribution in [3.63, 3.8) is 0 Å². The van der Waals surface area contributed by atoms with Gasteiger partial charge in [0.15, 0.2) is 11.6 Å². The van der Waals surface area contributed by atoms with Crippen molar-refractivity contribution in [1.82, 2.24) is 10.1 Å². The second-order valence-corrected chi connectivity index (χ2v) is 6.05. The maximum absolute atomic E-state index is 5.99. The molecule has 0 aliphatic carbocycles. The lowest BCUT2D eigenvalue weighted by molar-refractivity contribution is 0.437. The van der Waals surface area contributed by atoms with E-state index in [-0.39, 0.29) is 0 Å². The Morgan fingerprint density at radius 3 is 2.60 bits per heavy atom. The van der Waals surface area contributed by atoms with Gasteiger partial charge in [-0.2, -0.15) is 0 Å². The molecule has 0 aliphatic heterocycles. The van der Waals surface area contributed by atoms with Gasteiger partial charge in [-0.25, -0.2) is 4.98 Å². The van der Waals surface area contributed by atoms with E-state index in [0.717, 1.165) is 21.0 Å². The first-order chi connectivity index (χ1) is 9.56. The number of nitrogen functional groups attached to an aromatic ring is 1. The smallest absolute Gasteiger partial charge is 0.188 e. The number of thiazole rings is 1. The maximum Gasteiger partial charge on any atom is 0.188 e. The van der Waals surface area contributed by atoms with E-state index in [4.69, 9.17) is 10.3 Å². The fourth-order valence-electron chi connectivity index (χ4n) is 2.11. The molecule has 102 valence electrons. The van der Waals surface area contributed by atoms with Crippen LogP contribution in [0, 0.1) is 20.8 Å². The Labute approximate surface area is 121 Å². The van der Waals surface area contributed by atoms with Crippen molar-refractivity contribution in [2.45, 2.75) is 20.8 Å². The molecule has 0 fully saturated rings. The largest absolute Gasteiger partial charge is 0.380 e. The van der Waals surface area contributed by atoms with Gasteiger partial charge >= 0.3 is 0 Å². The molecule has 20 heavy (non-hydrogen) atoms. The molecule has 3 rings (SSSR count). The van der Waals surface area contributed by atoms with Crippen LogP contribution in [0.25, 0.3) is 21.8 Å². The van der Waals surface area contributed by atoms with Crippen LogP contribution in [0.3, 0.4) is 0 Å². The van der Waals surface area contributed by atoms with Crippen LogP contribution in [0.5, 0.6) is 0 Å². The van der Waals surface area contributed by atoms with Gasteiger partial charge < -0.3 is 10.3 Å². The number of aromatic nitrogens is 2. The van der Waals surface area contributed by atoms with E-state index in [2.05, 4.69) is 36.1 Å². The summed E-state index contributed by atoms with van der Waals surface area (Å²) in [5.74, 6) is 1.10. The summed E-state index contributed by atoms with van der Waals surface area (Å²) in [5, 5.41) is 4.90. The van der Waals surface area contributed by atoms with Crippen molar-refractivity contribution in [2.24, 2.45) is 0 Å². The Balaban J connectivity index is 2.18. The zero-order valence-corrected chi connectivity index (χ0v) is 12.4. The number of hydrogen-bond acceptors (Lipinski definition) is 5. The summed E-state index contributed by atoms with van der Waals surface area (Å²) < 4.78 is 5.41. The van der Waals surface area contributed by atoms with Crippen molar-refractivity contribution < 1.29 is 4.52 Å². The highest BCUT2D eigenvalue weighted by Crippen LogP contribution is 2.39. The molecule has 4 nitrogen and oxygen atoms in total. The third-order valence-electron chi connectivity index (χ3n) is 3.36. The van der Waals surface area contributed by atoms with E-state index in [1.807, 2.05) is 13.0 Å². The summed E-state index contributed by atoms with van der Waals surface area (Å²) in [6, 6.07) is 6.23. The van der Waals surface area contributed by atoms with Gasteiger partial charge in [0, 0.05) is 6.20 Å². The molecule has 5 heteroatoms. The number of hydrogen-bond donors (Lipinski definition) is 1. The molecule has 0 aliphatic rings. The summed E-state index contributed by atoms with van der Waals surface area (Å²) in [4.78, 5) is 5.20. The summed E-state index contributed by atoms with van der Waals surface area (Å²) >= 11 is 1.57. The average molecular weight is 285 g/mol. The highest BCUT2D eigenvalue weighted by molar-refractivity contribution is 7.15. The van der Waals surface area contributed by atoms with Gasteiger partial charge in [0.2, 0.25) is 0 Å². The number of rotatable bonds is 2. The minimum absolute atomic E-state index is 0.411. The van der Waals surface area contributed by atoms with Crippen LogP contribution < -0.4 is 5.73 Å². The fraction of sp³-hybridized carbons (Fsp3) is 0.200. The summed E-state index contributed by atoms with van der Waals surface area (Å²) in [5.41, 5.74) is 10.3. The van der Waals surface area contributed by atoms with Gasteiger partial charge in [0.1, 0.15) is 0 Å². The molecule has 0 saturated carbocycles. The van der Waals surface area contributed by atoms with Gasteiger partial charge in [0.25, 0.3) is 0 Å². The predicted molar refractivity (Wildman–Crippen MR) is 81.7 cm³/mol. The maximum atomic E-state index is 5.99. The van der Waals surface area contributed by atoms with E-state index >= 15 is 0 Å². The van der Waals surface area contributed by atoms with Crippen molar-refractivity contribution in [2.75, 3.05) is 5.73 Å². The van der Waals surface area contributed by atoms with Gasteiger partial charge in [-0.1, -0.05) is 23.4 Å². The Hall–Kier alpha value is -2.14. The summed E-state index contributed by atoms with van der Waals surface area (Å²) in [7, 11) is 0. The Kier molecular flexibility index (Phi) is 3.06. The van der Waals surface area contributed by atoms with Crippen LogP contribution in [-0.2, 0) is 0 Å². The van der Waals surface area contributed by atoms with E-state index < -0.39 is 0 Å². The first-order valence-electron chi connectivity index (χ1n) is 6.32. The van der Waals surface area contributed by atoms with Gasteiger partial charge in [-0.05, 0) is 37.5 Å². The van der Waals surface area contributed by atoms with E-state index in [9.17, 15) is 0 Å².